The number of carbonyl (C=O) groups excluding carboxylic acids is 2. The van der Waals surface area contributed by atoms with Gasteiger partial charge in [-0.25, -0.2) is 9.59 Å². The van der Waals surface area contributed by atoms with Crippen molar-refractivity contribution >= 4 is 12.0 Å². The Bertz CT molecular complexity index is 285. The van der Waals surface area contributed by atoms with Gasteiger partial charge in [0.1, 0.15) is 0 Å². The van der Waals surface area contributed by atoms with Crippen molar-refractivity contribution in [2.45, 2.75) is 13.3 Å². The summed E-state index contributed by atoms with van der Waals surface area (Å²) in [5, 5.41) is 2.32. The van der Waals surface area contributed by atoms with Gasteiger partial charge in [0.2, 0.25) is 5.76 Å². The van der Waals surface area contributed by atoms with E-state index in [4.69, 9.17) is 15.2 Å². The van der Waals surface area contributed by atoms with Crippen molar-refractivity contribution in [1.82, 2.24) is 5.32 Å². The molecule has 78 valence electrons. The summed E-state index contributed by atoms with van der Waals surface area (Å²) in [6.07, 6.45) is 0.455. The predicted octanol–water partition coefficient (Wildman–Crippen LogP) is -0.150. The molecule has 0 bridgehead atoms. The average molecular weight is 200 g/mol. The molecule has 0 aromatic heterocycles. The topological polar surface area (TPSA) is 90.6 Å². The number of hydrogen-bond acceptors (Lipinski definition) is 4. The minimum absolute atomic E-state index is 0.0469. The fourth-order valence-electron chi connectivity index (χ4n) is 1.10. The van der Waals surface area contributed by atoms with Crippen molar-refractivity contribution in [1.29, 1.82) is 0 Å². The van der Waals surface area contributed by atoms with Crippen LogP contribution < -0.4 is 11.1 Å². The highest BCUT2D eigenvalue weighted by Gasteiger charge is 2.24. The molecule has 0 unspecified atom stereocenters. The summed E-state index contributed by atoms with van der Waals surface area (Å²) in [5.41, 5.74) is 5.30. The molecule has 0 aromatic carbocycles. The zero-order valence-corrected chi connectivity index (χ0v) is 7.83. The molecule has 3 N–H and O–H groups in total. The van der Waals surface area contributed by atoms with Crippen molar-refractivity contribution in [3.05, 3.63) is 11.5 Å². The maximum atomic E-state index is 11.2. The standard InChI is InChI=1S/C8H12N2O4/c1-2-13-7(11)6-5(3-4-14-6)10-8(9)12/h2-4H2,1H3,(H3,9,10,12). The first-order valence-electron chi connectivity index (χ1n) is 4.24. The number of urea groups is 1. The van der Waals surface area contributed by atoms with E-state index in [1.54, 1.807) is 6.92 Å². The Morgan fingerprint density at radius 2 is 2.36 bits per heavy atom. The maximum absolute atomic E-state index is 11.2. The first-order chi connectivity index (χ1) is 6.65. The van der Waals surface area contributed by atoms with Gasteiger partial charge in [-0.15, -0.1) is 0 Å². The van der Waals surface area contributed by atoms with Crippen molar-refractivity contribution in [3.8, 4) is 0 Å². The van der Waals surface area contributed by atoms with Gasteiger partial charge in [-0.3, -0.25) is 0 Å². The van der Waals surface area contributed by atoms with Gasteiger partial charge in [-0.2, -0.15) is 0 Å². The van der Waals surface area contributed by atoms with Gasteiger partial charge in [-0.1, -0.05) is 0 Å². The van der Waals surface area contributed by atoms with Crippen LogP contribution in [0.4, 0.5) is 4.79 Å². The number of rotatable bonds is 3. The molecule has 1 aliphatic heterocycles. The Kier molecular flexibility index (Phi) is 3.33. The molecule has 2 amide bonds. The van der Waals surface area contributed by atoms with Crippen LogP contribution in [-0.2, 0) is 14.3 Å². The average Bonchev–Trinajstić information content (AvgIpc) is 2.51. The Morgan fingerprint density at radius 1 is 1.64 bits per heavy atom. The van der Waals surface area contributed by atoms with E-state index in [9.17, 15) is 9.59 Å². The van der Waals surface area contributed by atoms with Gasteiger partial charge >= 0.3 is 12.0 Å². The Hall–Kier alpha value is -1.72. The number of nitrogens with one attached hydrogen (secondary N) is 1. The normalized spacial score (nSPS) is 14.9. The summed E-state index contributed by atoms with van der Waals surface area (Å²) < 4.78 is 9.74. The fraction of sp³-hybridized carbons (Fsp3) is 0.500. The zero-order chi connectivity index (χ0) is 10.6. The van der Waals surface area contributed by atoms with Gasteiger partial charge in [0.15, 0.2) is 0 Å². The maximum Gasteiger partial charge on any atom is 0.375 e. The van der Waals surface area contributed by atoms with Gasteiger partial charge in [0.25, 0.3) is 0 Å². The summed E-state index contributed by atoms with van der Waals surface area (Å²) in [7, 11) is 0. The van der Waals surface area contributed by atoms with Gasteiger partial charge < -0.3 is 20.5 Å². The van der Waals surface area contributed by atoms with Gasteiger partial charge in [-0.05, 0) is 6.92 Å². The zero-order valence-electron chi connectivity index (χ0n) is 7.83. The molecule has 1 aliphatic rings. The Morgan fingerprint density at radius 3 is 2.93 bits per heavy atom. The lowest BCUT2D eigenvalue weighted by Crippen LogP contribution is -2.29. The van der Waals surface area contributed by atoms with E-state index in [1.165, 1.54) is 0 Å². The van der Waals surface area contributed by atoms with Gasteiger partial charge in [0, 0.05) is 6.42 Å². The second-order valence-electron chi connectivity index (χ2n) is 2.62. The summed E-state index contributed by atoms with van der Waals surface area (Å²) >= 11 is 0. The van der Waals surface area contributed by atoms with Crippen LogP contribution in [0, 0.1) is 0 Å². The first kappa shape index (κ1) is 10.4. The van der Waals surface area contributed by atoms with Crippen LogP contribution in [0.2, 0.25) is 0 Å². The summed E-state index contributed by atoms with van der Waals surface area (Å²) in [6.45, 7) is 2.30. The second-order valence-corrected chi connectivity index (χ2v) is 2.62. The van der Waals surface area contributed by atoms with E-state index < -0.39 is 12.0 Å². The third kappa shape index (κ3) is 2.38. The van der Waals surface area contributed by atoms with E-state index in [-0.39, 0.29) is 12.4 Å². The van der Waals surface area contributed by atoms with Crippen LogP contribution in [0.1, 0.15) is 13.3 Å². The van der Waals surface area contributed by atoms with Crippen LogP contribution in [0.25, 0.3) is 0 Å². The third-order valence-electron chi connectivity index (χ3n) is 1.61. The van der Waals surface area contributed by atoms with E-state index in [2.05, 4.69) is 5.32 Å². The second kappa shape index (κ2) is 4.50. The Labute approximate surface area is 81.0 Å². The summed E-state index contributed by atoms with van der Waals surface area (Å²) in [6, 6.07) is -0.715. The highest BCUT2D eigenvalue weighted by Crippen LogP contribution is 2.17. The number of carbonyl (C=O) groups is 2. The lowest BCUT2D eigenvalue weighted by atomic mass is 10.3. The van der Waals surface area contributed by atoms with Crippen LogP contribution >= 0.6 is 0 Å². The molecular weight excluding hydrogens is 188 g/mol. The summed E-state index contributed by atoms with van der Waals surface area (Å²) in [5.74, 6) is -0.528. The van der Waals surface area contributed by atoms with Crippen LogP contribution in [0.5, 0.6) is 0 Å². The number of amides is 2. The molecule has 14 heavy (non-hydrogen) atoms. The molecule has 6 heteroatoms. The number of hydrogen-bond donors (Lipinski definition) is 2. The SMILES string of the molecule is CCOC(=O)C1=C(NC(N)=O)CCO1. The number of nitrogens with two attached hydrogens (primary N) is 1. The molecule has 0 saturated heterocycles. The lowest BCUT2D eigenvalue weighted by molar-refractivity contribution is -0.142. The van der Waals surface area contributed by atoms with Crippen LogP contribution in [0.15, 0.2) is 11.5 Å². The summed E-state index contributed by atoms with van der Waals surface area (Å²) in [4.78, 5) is 21.8. The molecule has 6 nitrogen and oxygen atoms in total. The molecule has 0 saturated carbocycles. The molecule has 0 atom stereocenters. The molecule has 0 radical (unpaired) electrons. The smallest absolute Gasteiger partial charge is 0.375 e. The minimum atomic E-state index is -0.715. The fourth-order valence-corrected chi connectivity index (χ4v) is 1.10. The van der Waals surface area contributed by atoms with E-state index in [0.29, 0.717) is 18.7 Å². The van der Waals surface area contributed by atoms with E-state index in [0.717, 1.165) is 0 Å². The van der Waals surface area contributed by atoms with E-state index in [1.807, 2.05) is 0 Å². The number of ether oxygens (including phenoxy) is 2. The Balaban J connectivity index is 2.71. The number of esters is 1. The molecule has 0 spiro atoms. The van der Waals surface area contributed by atoms with Crippen molar-refractivity contribution in [2.75, 3.05) is 13.2 Å². The van der Waals surface area contributed by atoms with Crippen LogP contribution in [-0.4, -0.2) is 25.2 Å². The highest BCUT2D eigenvalue weighted by molar-refractivity contribution is 5.88. The third-order valence-corrected chi connectivity index (χ3v) is 1.61. The van der Waals surface area contributed by atoms with Crippen LogP contribution in [0.3, 0.4) is 0 Å². The van der Waals surface area contributed by atoms with Crippen molar-refractivity contribution < 1.29 is 19.1 Å². The lowest BCUT2D eigenvalue weighted by Gasteiger charge is -2.05. The molecule has 0 aliphatic carbocycles. The minimum Gasteiger partial charge on any atom is -0.485 e. The van der Waals surface area contributed by atoms with E-state index >= 15 is 0 Å². The largest absolute Gasteiger partial charge is 0.485 e. The van der Waals surface area contributed by atoms with Gasteiger partial charge in [0.05, 0.1) is 18.9 Å². The molecule has 1 heterocycles. The quantitative estimate of drug-likeness (QED) is 0.620. The van der Waals surface area contributed by atoms with Crippen molar-refractivity contribution in [3.63, 3.8) is 0 Å². The predicted molar refractivity (Wildman–Crippen MR) is 46.9 cm³/mol. The molecule has 0 aromatic rings. The first-order valence-corrected chi connectivity index (χ1v) is 4.24. The molecular formula is C8H12N2O4. The van der Waals surface area contributed by atoms with Crippen molar-refractivity contribution in [2.24, 2.45) is 5.73 Å². The highest BCUT2D eigenvalue weighted by atomic mass is 16.6. The molecule has 1 rings (SSSR count). The molecule has 0 fully saturated rings. The monoisotopic (exact) mass is 200 g/mol. The number of primary amides is 1.